The van der Waals surface area contributed by atoms with Gasteiger partial charge in [-0.25, -0.2) is 12.7 Å². The second-order valence-corrected chi connectivity index (χ2v) is 3.34. The molecule has 0 N–H and O–H groups in total. The Hall–Kier alpha value is 0.427. The summed E-state index contributed by atoms with van der Waals surface area (Å²) < 4.78 is 36.6. The first-order valence-electron chi connectivity index (χ1n) is 2.89. The maximum Gasteiger partial charge on any atom is 1.00 e. The van der Waals surface area contributed by atoms with Crippen molar-refractivity contribution in [2.24, 2.45) is 0 Å². The third-order valence-electron chi connectivity index (χ3n) is 1.29. The Morgan fingerprint density at radius 3 is 2.00 bits per heavy atom. The van der Waals surface area contributed by atoms with Crippen LogP contribution in [-0.2, 0) is 15.0 Å². The summed E-state index contributed by atoms with van der Waals surface area (Å²) in [5.74, 6) is 0. The molecule has 0 atom stereocenters. The molecule has 5 nitrogen and oxygen atoms in total. The maximum absolute atomic E-state index is 10.3. The van der Waals surface area contributed by atoms with E-state index in [0.29, 0.717) is 13.2 Å². The molecule has 0 bridgehead atoms. The third-order valence-corrected chi connectivity index (χ3v) is 2.28. The van der Waals surface area contributed by atoms with Gasteiger partial charge in [-0.2, -0.15) is 0 Å². The zero-order chi connectivity index (χ0) is 7.61. The van der Waals surface area contributed by atoms with E-state index < -0.39 is 10.3 Å². The van der Waals surface area contributed by atoms with E-state index in [1.54, 1.807) is 0 Å². The van der Waals surface area contributed by atoms with Gasteiger partial charge in [-0.1, -0.05) is 0 Å². The van der Waals surface area contributed by atoms with Gasteiger partial charge in [-0.15, -0.1) is 0 Å². The second-order valence-electron chi connectivity index (χ2n) is 1.97. The molecule has 1 aliphatic heterocycles. The summed E-state index contributed by atoms with van der Waals surface area (Å²) in [4.78, 5) is 0. The molecule has 0 radical (unpaired) electrons. The van der Waals surface area contributed by atoms with E-state index in [9.17, 15) is 13.0 Å². The van der Waals surface area contributed by atoms with Gasteiger partial charge in [0.05, 0.1) is 13.2 Å². The monoisotopic (exact) mass is 173 g/mol. The topological polar surface area (TPSA) is 69.7 Å². The smallest absolute Gasteiger partial charge is 0.735 e. The van der Waals surface area contributed by atoms with Gasteiger partial charge < -0.3 is 9.29 Å². The zero-order valence-electron chi connectivity index (χ0n) is 6.32. The SMILES string of the molecule is O=S(=O)([O-])N1CCOCC1.[Li+]. The van der Waals surface area contributed by atoms with Gasteiger partial charge in [0, 0.05) is 13.1 Å². The van der Waals surface area contributed by atoms with E-state index in [-0.39, 0.29) is 32.0 Å². The van der Waals surface area contributed by atoms with Crippen molar-refractivity contribution in [2.45, 2.75) is 0 Å². The van der Waals surface area contributed by atoms with Gasteiger partial charge in [0.2, 0.25) is 0 Å². The molecular formula is C4H8LiNO4S. The minimum absolute atomic E-state index is 0. The van der Waals surface area contributed by atoms with Gasteiger partial charge >= 0.3 is 18.9 Å². The van der Waals surface area contributed by atoms with Crippen LogP contribution in [-0.4, -0.2) is 43.6 Å². The Kier molecular flexibility index (Phi) is 4.63. The number of rotatable bonds is 1. The van der Waals surface area contributed by atoms with Crippen LogP contribution in [0.1, 0.15) is 0 Å². The number of hydrogen-bond acceptors (Lipinski definition) is 4. The fraction of sp³-hybridized carbons (Fsp3) is 1.00. The van der Waals surface area contributed by atoms with E-state index in [2.05, 4.69) is 0 Å². The summed E-state index contributed by atoms with van der Waals surface area (Å²) in [5.41, 5.74) is 0. The first-order valence-corrected chi connectivity index (χ1v) is 4.26. The molecule has 7 heteroatoms. The maximum atomic E-state index is 10.3. The third kappa shape index (κ3) is 3.56. The van der Waals surface area contributed by atoms with Crippen molar-refractivity contribution in [3.8, 4) is 0 Å². The molecule has 0 aromatic heterocycles. The Morgan fingerprint density at radius 2 is 1.73 bits per heavy atom. The van der Waals surface area contributed by atoms with Crippen molar-refractivity contribution in [2.75, 3.05) is 26.3 Å². The summed E-state index contributed by atoms with van der Waals surface area (Å²) >= 11 is 0. The molecule has 1 fully saturated rings. The predicted octanol–water partition coefficient (Wildman–Crippen LogP) is -4.22. The van der Waals surface area contributed by atoms with Crippen molar-refractivity contribution >= 4 is 10.3 Å². The fourth-order valence-electron chi connectivity index (χ4n) is 0.770. The summed E-state index contributed by atoms with van der Waals surface area (Å²) in [6, 6.07) is 0. The molecule has 1 aliphatic rings. The van der Waals surface area contributed by atoms with Gasteiger partial charge in [0.1, 0.15) is 0 Å². The van der Waals surface area contributed by atoms with Crippen LogP contribution in [0.25, 0.3) is 0 Å². The summed E-state index contributed by atoms with van der Waals surface area (Å²) in [5, 5.41) is 0. The first kappa shape index (κ1) is 11.4. The Bertz CT molecular complexity index is 198. The average molecular weight is 173 g/mol. The Labute approximate surface area is 77.8 Å². The van der Waals surface area contributed by atoms with E-state index in [1.807, 2.05) is 0 Å². The standard InChI is InChI=1S/C4H9NO4S.Li/c6-10(7,8)5-1-3-9-4-2-5;/h1-4H2,(H,6,7,8);/q;+1/p-1. The molecule has 1 heterocycles. The van der Waals surface area contributed by atoms with Crippen molar-refractivity contribution in [1.82, 2.24) is 4.31 Å². The van der Waals surface area contributed by atoms with Crippen LogP contribution in [0.5, 0.6) is 0 Å². The summed E-state index contributed by atoms with van der Waals surface area (Å²) in [7, 11) is -4.22. The molecule has 0 aliphatic carbocycles. The van der Waals surface area contributed by atoms with Crippen LogP contribution in [0.15, 0.2) is 0 Å². The quantitative estimate of drug-likeness (QED) is 0.297. The van der Waals surface area contributed by atoms with E-state index in [1.165, 1.54) is 0 Å². The molecule has 0 spiro atoms. The molecule has 1 rings (SSSR count). The minimum atomic E-state index is -4.22. The average Bonchev–Trinajstić information content (AvgIpc) is 1.88. The molecule has 1 saturated heterocycles. The second kappa shape index (κ2) is 4.45. The fourth-order valence-corrected chi connectivity index (χ4v) is 1.37. The predicted molar refractivity (Wildman–Crippen MR) is 32.1 cm³/mol. The van der Waals surface area contributed by atoms with Crippen molar-refractivity contribution in [3.05, 3.63) is 0 Å². The summed E-state index contributed by atoms with van der Waals surface area (Å²) in [6.07, 6.45) is 0. The largest absolute Gasteiger partial charge is 1.00 e. The molecular weight excluding hydrogens is 165 g/mol. The molecule has 0 unspecified atom stereocenters. The van der Waals surface area contributed by atoms with Crippen molar-refractivity contribution < 1.29 is 36.6 Å². The van der Waals surface area contributed by atoms with Crippen LogP contribution < -0.4 is 18.9 Å². The van der Waals surface area contributed by atoms with Crippen LogP contribution in [0.3, 0.4) is 0 Å². The normalized spacial score (nSPS) is 20.8. The van der Waals surface area contributed by atoms with Gasteiger partial charge in [0.15, 0.2) is 10.3 Å². The number of ether oxygens (including phenoxy) is 1. The molecule has 0 saturated carbocycles. The van der Waals surface area contributed by atoms with E-state index in [4.69, 9.17) is 4.74 Å². The van der Waals surface area contributed by atoms with E-state index >= 15 is 0 Å². The van der Waals surface area contributed by atoms with Gasteiger partial charge in [0.25, 0.3) is 0 Å². The van der Waals surface area contributed by atoms with Crippen LogP contribution in [0.2, 0.25) is 0 Å². The number of nitrogens with zero attached hydrogens (tertiary/aromatic N) is 1. The van der Waals surface area contributed by atoms with Crippen LogP contribution in [0.4, 0.5) is 0 Å². The van der Waals surface area contributed by atoms with Crippen molar-refractivity contribution in [1.29, 1.82) is 0 Å². The van der Waals surface area contributed by atoms with Crippen LogP contribution in [0, 0.1) is 0 Å². The minimum Gasteiger partial charge on any atom is -0.735 e. The molecule has 11 heavy (non-hydrogen) atoms. The first-order chi connectivity index (χ1) is 4.61. The zero-order valence-corrected chi connectivity index (χ0v) is 7.13. The van der Waals surface area contributed by atoms with Gasteiger partial charge in [-0.05, 0) is 0 Å². The number of morpholine rings is 1. The molecule has 0 amide bonds. The summed E-state index contributed by atoms with van der Waals surface area (Å²) in [6.45, 7) is 1.01. The number of hydrogen-bond donors (Lipinski definition) is 0. The molecule has 60 valence electrons. The Balaban J connectivity index is 0.000001000. The van der Waals surface area contributed by atoms with Crippen molar-refractivity contribution in [3.63, 3.8) is 0 Å². The van der Waals surface area contributed by atoms with Crippen LogP contribution >= 0.6 is 0 Å². The molecule has 0 aromatic carbocycles. The van der Waals surface area contributed by atoms with E-state index in [0.717, 1.165) is 4.31 Å². The van der Waals surface area contributed by atoms with Gasteiger partial charge in [-0.3, -0.25) is 0 Å². The molecule has 0 aromatic rings. The Morgan fingerprint density at radius 1 is 1.27 bits per heavy atom.